The van der Waals surface area contributed by atoms with Crippen molar-refractivity contribution in [3.8, 4) is 17.1 Å². The minimum Gasteiger partial charge on any atom is -0.497 e. The van der Waals surface area contributed by atoms with Crippen LogP contribution in [-0.2, 0) is 14.3 Å². The van der Waals surface area contributed by atoms with Crippen LogP contribution in [0.15, 0.2) is 105 Å². The van der Waals surface area contributed by atoms with Crippen LogP contribution >= 0.6 is 11.3 Å². The maximum atomic E-state index is 14.2. The van der Waals surface area contributed by atoms with Gasteiger partial charge >= 0.3 is 11.9 Å². The summed E-state index contributed by atoms with van der Waals surface area (Å²) in [6, 6.07) is 24.8. The third-order valence-corrected chi connectivity index (χ3v) is 8.76. The zero-order valence-electron chi connectivity index (χ0n) is 27.2. The molecule has 9 nitrogen and oxygen atoms in total. The molecule has 0 amide bonds. The van der Waals surface area contributed by atoms with E-state index < -0.39 is 12.0 Å². The SMILES string of the molecule is CCOC(=O)C1=C(c2ccccc2)N=c2s/c(=C/c3ccc(-c4ccc(C(=O)OC(C)C)cc4C)o3)c(=O)n2[C@@H]1c1ccc(OC)cc1. The number of rotatable bonds is 9. The van der Waals surface area contributed by atoms with E-state index in [0.717, 1.165) is 16.7 Å². The van der Waals surface area contributed by atoms with E-state index in [1.165, 1.54) is 11.3 Å². The van der Waals surface area contributed by atoms with Crippen molar-refractivity contribution in [1.29, 1.82) is 0 Å². The Morgan fingerprint density at radius 2 is 1.75 bits per heavy atom. The number of thiazole rings is 1. The molecule has 48 heavy (non-hydrogen) atoms. The summed E-state index contributed by atoms with van der Waals surface area (Å²) in [6.07, 6.45) is 1.46. The molecule has 2 aromatic heterocycles. The van der Waals surface area contributed by atoms with E-state index in [2.05, 4.69) is 0 Å². The largest absolute Gasteiger partial charge is 0.497 e. The molecule has 0 radical (unpaired) electrons. The van der Waals surface area contributed by atoms with E-state index >= 15 is 0 Å². The van der Waals surface area contributed by atoms with Gasteiger partial charge in [-0.05, 0) is 75.2 Å². The Morgan fingerprint density at radius 1 is 1.00 bits per heavy atom. The lowest BCUT2D eigenvalue weighted by atomic mass is 9.93. The molecule has 3 aromatic carbocycles. The van der Waals surface area contributed by atoms with Crippen molar-refractivity contribution in [3.63, 3.8) is 0 Å². The molecular weight excluding hydrogens is 628 g/mol. The average Bonchev–Trinajstić information content (AvgIpc) is 3.67. The number of carbonyl (C=O) groups excluding carboxylic acids is 2. The fourth-order valence-corrected chi connectivity index (χ4v) is 6.58. The molecule has 0 N–H and O–H groups in total. The Hall–Kier alpha value is -5.48. The number of furan rings is 1. The van der Waals surface area contributed by atoms with E-state index in [0.29, 0.717) is 43.4 Å². The molecule has 0 fully saturated rings. The number of aromatic nitrogens is 1. The van der Waals surface area contributed by atoms with E-state index in [9.17, 15) is 14.4 Å². The summed E-state index contributed by atoms with van der Waals surface area (Å²) < 4.78 is 24.3. The quantitative estimate of drug-likeness (QED) is 0.176. The van der Waals surface area contributed by atoms with Crippen molar-refractivity contribution in [3.05, 3.63) is 138 Å². The highest BCUT2D eigenvalue weighted by molar-refractivity contribution is 7.07. The summed E-state index contributed by atoms with van der Waals surface area (Å²) in [5, 5.41) is 0. The van der Waals surface area contributed by atoms with Gasteiger partial charge in [-0.25, -0.2) is 14.6 Å². The van der Waals surface area contributed by atoms with Crippen LogP contribution in [0, 0.1) is 6.92 Å². The number of nitrogens with zero attached hydrogens (tertiary/aromatic N) is 2. The number of methoxy groups -OCH3 is 1. The van der Waals surface area contributed by atoms with Gasteiger partial charge in [0, 0.05) is 17.2 Å². The van der Waals surface area contributed by atoms with Crippen molar-refractivity contribution in [2.75, 3.05) is 13.7 Å². The highest BCUT2D eigenvalue weighted by atomic mass is 32.1. The monoisotopic (exact) mass is 662 g/mol. The van der Waals surface area contributed by atoms with Gasteiger partial charge in [-0.1, -0.05) is 59.9 Å². The average molecular weight is 663 g/mol. The Morgan fingerprint density at radius 3 is 2.42 bits per heavy atom. The number of benzene rings is 3. The zero-order chi connectivity index (χ0) is 33.9. The van der Waals surface area contributed by atoms with Crippen LogP contribution in [-0.4, -0.2) is 36.3 Å². The Kier molecular flexibility index (Phi) is 9.27. The Bertz CT molecular complexity index is 2210. The molecule has 0 unspecified atom stereocenters. The first kappa shape index (κ1) is 32.5. The number of esters is 2. The lowest BCUT2D eigenvalue weighted by Gasteiger charge is -2.26. The third kappa shape index (κ3) is 6.39. The lowest BCUT2D eigenvalue weighted by Crippen LogP contribution is -2.40. The third-order valence-electron chi connectivity index (χ3n) is 7.78. The molecule has 0 spiro atoms. The molecule has 0 saturated heterocycles. The minimum absolute atomic E-state index is 0.162. The summed E-state index contributed by atoms with van der Waals surface area (Å²) in [7, 11) is 1.58. The van der Waals surface area contributed by atoms with Crippen molar-refractivity contribution in [2.45, 2.75) is 39.8 Å². The molecule has 5 aromatic rings. The topological polar surface area (TPSA) is 109 Å². The smallest absolute Gasteiger partial charge is 0.338 e. The summed E-state index contributed by atoms with van der Waals surface area (Å²) in [6.45, 7) is 7.41. The second-order valence-electron chi connectivity index (χ2n) is 11.4. The van der Waals surface area contributed by atoms with Crippen LogP contribution in [0.5, 0.6) is 5.75 Å². The molecule has 244 valence electrons. The summed E-state index contributed by atoms with van der Waals surface area (Å²) in [5.74, 6) is 0.758. The molecule has 0 saturated carbocycles. The van der Waals surface area contributed by atoms with E-state index in [4.69, 9.17) is 23.6 Å². The van der Waals surface area contributed by atoms with Crippen molar-refractivity contribution >= 4 is 35.0 Å². The normalized spacial score (nSPS) is 14.5. The van der Waals surface area contributed by atoms with Gasteiger partial charge in [0.1, 0.15) is 17.3 Å². The molecule has 0 bridgehead atoms. The molecule has 3 heterocycles. The van der Waals surface area contributed by atoms with Gasteiger partial charge in [-0.3, -0.25) is 9.36 Å². The van der Waals surface area contributed by atoms with Gasteiger partial charge in [0.15, 0.2) is 4.80 Å². The molecule has 1 aliphatic rings. The molecule has 1 aliphatic heterocycles. The molecule has 10 heteroatoms. The van der Waals surface area contributed by atoms with Gasteiger partial charge in [0.2, 0.25) is 0 Å². The zero-order valence-corrected chi connectivity index (χ0v) is 28.0. The van der Waals surface area contributed by atoms with Crippen molar-refractivity contribution in [2.24, 2.45) is 4.99 Å². The van der Waals surface area contributed by atoms with Gasteiger partial charge in [0.05, 0.1) is 47.2 Å². The highest BCUT2D eigenvalue weighted by Crippen LogP contribution is 2.36. The van der Waals surface area contributed by atoms with Gasteiger partial charge < -0.3 is 18.6 Å². The first-order valence-corrected chi connectivity index (χ1v) is 16.3. The van der Waals surface area contributed by atoms with Crippen LogP contribution in [0.3, 0.4) is 0 Å². The van der Waals surface area contributed by atoms with Crippen LogP contribution in [0.25, 0.3) is 23.1 Å². The standard InChI is InChI=1S/C38H34N2O7S/c1-6-45-37(43)32-33(24-10-8-7-9-11-24)39-38-40(34(32)25-12-15-27(44-5)16-13-25)35(41)31(48-38)21-28-17-19-30(47-28)29-18-14-26(20-23(29)4)36(42)46-22(2)3/h7-22,34H,6H2,1-5H3/b31-21+/t34-/m1/s1. The van der Waals surface area contributed by atoms with E-state index in [-0.39, 0.29) is 29.8 Å². The number of hydrogen-bond donors (Lipinski definition) is 0. The van der Waals surface area contributed by atoms with Gasteiger partial charge in [-0.15, -0.1) is 0 Å². The Balaban J connectivity index is 1.47. The number of aryl methyl sites for hydroxylation is 1. The second kappa shape index (κ2) is 13.7. The Labute approximate surface area is 281 Å². The number of ether oxygens (including phenoxy) is 3. The molecule has 0 aliphatic carbocycles. The highest BCUT2D eigenvalue weighted by Gasteiger charge is 2.35. The van der Waals surface area contributed by atoms with Crippen LogP contribution in [0.4, 0.5) is 0 Å². The number of carbonyl (C=O) groups is 2. The van der Waals surface area contributed by atoms with Crippen molar-refractivity contribution < 1.29 is 28.2 Å². The van der Waals surface area contributed by atoms with Crippen LogP contribution in [0.1, 0.15) is 59.6 Å². The predicted molar refractivity (Wildman–Crippen MR) is 183 cm³/mol. The van der Waals surface area contributed by atoms with Crippen LogP contribution < -0.4 is 19.6 Å². The van der Waals surface area contributed by atoms with E-state index in [1.807, 2.05) is 61.5 Å². The first-order valence-electron chi connectivity index (χ1n) is 15.5. The fourth-order valence-electron chi connectivity index (χ4n) is 5.60. The summed E-state index contributed by atoms with van der Waals surface area (Å²) in [5.41, 5.74) is 3.92. The second-order valence-corrected chi connectivity index (χ2v) is 12.4. The number of hydrogen-bond acceptors (Lipinski definition) is 9. The van der Waals surface area contributed by atoms with E-state index in [1.54, 1.807) is 68.9 Å². The van der Waals surface area contributed by atoms with Crippen molar-refractivity contribution in [1.82, 2.24) is 4.57 Å². The predicted octanol–water partition coefficient (Wildman–Crippen LogP) is 6.08. The lowest BCUT2D eigenvalue weighted by molar-refractivity contribution is -0.138. The number of fused-ring (bicyclic) bond motifs is 1. The minimum atomic E-state index is -0.806. The molecule has 1 atom stereocenters. The maximum Gasteiger partial charge on any atom is 0.338 e. The fraction of sp³-hybridized carbons (Fsp3) is 0.211. The maximum absolute atomic E-state index is 14.2. The summed E-state index contributed by atoms with van der Waals surface area (Å²) in [4.78, 5) is 45.6. The van der Waals surface area contributed by atoms with Crippen LogP contribution in [0.2, 0.25) is 0 Å². The first-order chi connectivity index (χ1) is 23.2. The molecule has 6 rings (SSSR count). The van der Waals surface area contributed by atoms with Gasteiger partial charge in [-0.2, -0.15) is 0 Å². The molecular formula is C38H34N2O7S. The summed E-state index contributed by atoms with van der Waals surface area (Å²) >= 11 is 1.21. The van der Waals surface area contributed by atoms with Gasteiger partial charge in [0.25, 0.3) is 5.56 Å².